The fourth-order valence-corrected chi connectivity index (χ4v) is 2.14. The van der Waals surface area contributed by atoms with Gasteiger partial charge in [0.2, 0.25) is 0 Å². The van der Waals surface area contributed by atoms with Crippen molar-refractivity contribution >= 4 is 28.4 Å². The number of phenols is 1. The van der Waals surface area contributed by atoms with E-state index in [0.29, 0.717) is 17.2 Å². The molecule has 0 radical (unpaired) electrons. The lowest BCUT2D eigenvalue weighted by molar-refractivity contribution is 0.432. The van der Waals surface area contributed by atoms with E-state index in [-0.39, 0.29) is 0 Å². The van der Waals surface area contributed by atoms with Crippen LogP contribution in [0.2, 0.25) is 0 Å². The molecule has 1 aromatic heterocycles. The van der Waals surface area contributed by atoms with Gasteiger partial charge in [-0.15, -0.1) is 0 Å². The van der Waals surface area contributed by atoms with Crippen LogP contribution in [-0.2, 0) is 6.42 Å². The van der Waals surface area contributed by atoms with Crippen molar-refractivity contribution in [3.8, 4) is 17.1 Å². The molecule has 1 aromatic carbocycles. The van der Waals surface area contributed by atoms with Crippen molar-refractivity contribution in [2.24, 2.45) is 0 Å². The van der Waals surface area contributed by atoms with Crippen LogP contribution in [0.3, 0.4) is 0 Å². The molecule has 2 aromatic rings. The molecule has 4 nitrogen and oxygen atoms in total. The van der Waals surface area contributed by atoms with Gasteiger partial charge in [0.15, 0.2) is 17.4 Å². The minimum absolute atomic E-state index is 0.365. The van der Waals surface area contributed by atoms with E-state index >= 15 is 0 Å². The molecule has 0 amide bonds. The first-order chi connectivity index (χ1) is 8.52. The van der Waals surface area contributed by atoms with Crippen LogP contribution in [-0.4, -0.2) is 15.1 Å². The van der Waals surface area contributed by atoms with Gasteiger partial charge < -0.3 is 10.8 Å². The second-order valence-corrected chi connectivity index (χ2v) is 4.79. The summed E-state index contributed by atoms with van der Waals surface area (Å²) >= 11 is 2.09. The van der Waals surface area contributed by atoms with Crippen LogP contribution in [0.15, 0.2) is 18.2 Å². The second kappa shape index (κ2) is 5.05. The lowest BCUT2D eigenvalue weighted by Crippen LogP contribution is -2.04. The Hall–Kier alpha value is -1.44. The number of nitrogens with two attached hydrogens (primary N) is 1. The number of benzene rings is 1. The zero-order valence-electron chi connectivity index (χ0n) is 9.61. The van der Waals surface area contributed by atoms with Gasteiger partial charge in [0, 0.05) is 5.56 Å². The first kappa shape index (κ1) is 13.0. The van der Waals surface area contributed by atoms with E-state index in [9.17, 15) is 4.39 Å². The highest BCUT2D eigenvalue weighted by atomic mass is 127. The number of halogens is 2. The molecule has 0 bridgehead atoms. The highest BCUT2D eigenvalue weighted by Gasteiger charge is 2.11. The van der Waals surface area contributed by atoms with Crippen LogP contribution in [0.5, 0.6) is 5.75 Å². The molecule has 0 aliphatic rings. The average Bonchev–Trinajstić information content (AvgIpc) is 2.36. The lowest BCUT2D eigenvalue weighted by Gasteiger charge is -2.08. The summed E-state index contributed by atoms with van der Waals surface area (Å²) in [5.74, 6) is -0.353. The summed E-state index contributed by atoms with van der Waals surface area (Å²) in [6.07, 6.45) is 0.721. The van der Waals surface area contributed by atoms with E-state index in [2.05, 4.69) is 32.6 Å². The van der Waals surface area contributed by atoms with Crippen LogP contribution in [0.25, 0.3) is 11.4 Å². The Kier molecular flexibility index (Phi) is 3.65. The molecule has 0 atom stereocenters. The van der Waals surface area contributed by atoms with E-state index < -0.39 is 11.6 Å². The van der Waals surface area contributed by atoms with Gasteiger partial charge in [0.1, 0.15) is 5.82 Å². The van der Waals surface area contributed by atoms with Gasteiger partial charge >= 0.3 is 0 Å². The molecule has 0 aliphatic carbocycles. The Morgan fingerprint density at radius 2 is 2.11 bits per heavy atom. The Labute approximate surface area is 117 Å². The number of nitrogens with zero attached hydrogens (tertiary/aromatic N) is 2. The third-order valence-corrected chi connectivity index (χ3v) is 3.66. The van der Waals surface area contributed by atoms with Gasteiger partial charge in [-0.3, -0.25) is 0 Å². The third kappa shape index (κ3) is 2.38. The van der Waals surface area contributed by atoms with E-state index in [1.807, 2.05) is 6.92 Å². The molecule has 94 valence electrons. The Bertz CT molecular complexity index is 604. The molecular formula is C12H11FIN3O. The van der Waals surface area contributed by atoms with Gasteiger partial charge in [0.25, 0.3) is 0 Å². The predicted molar refractivity (Wildman–Crippen MR) is 75.6 cm³/mol. The summed E-state index contributed by atoms with van der Waals surface area (Å²) in [5.41, 5.74) is 7.12. The average molecular weight is 359 g/mol. The van der Waals surface area contributed by atoms with Gasteiger partial charge in [-0.1, -0.05) is 6.92 Å². The van der Waals surface area contributed by atoms with Gasteiger partial charge in [-0.05, 0) is 47.2 Å². The van der Waals surface area contributed by atoms with Crippen molar-refractivity contribution in [3.63, 3.8) is 0 Å². The van der Waals surface area contributed by atoms with Crippen LogP contribution >= 0.6 is 22.6 Å². The van der Waals surface area contributed by atoms with Crippen LogP contribution < -0.4 is 5.73 Å². The van der Waals surface area contributed by atoms with Gasteiger partial charge in [-0.2, -0.15) is 0 Å². The highest BCUT2D eigenvalue weighted by molar-refractivity contribution is 14.1. The number of aromatic hydroxyl groups is 1. The number of nitrogen functional groups attached to an aromatic ring is 1. The zero-order chi connectivity index (χ0) is 13.3. The Morgan fingerprint density at radius 3 is 2.72 bits per heavy atom. The fraction of sp³-hybridized carbons (Fsp3) is 0.167. The minimum atomic E-state index is -0.703. The third-order valence-electron chi connectivity index (χ3n) is 2.49. The maximum atomic E-state index is 13.3. The molecule has 0 spiro atoms. The summed E-state index contributed by atoms with van der Waals surface area (Å²) in [6, 6.07) is 4.02. The number of anilines is 1. The Morgan fingerprint density at radius 1 is 1.39 bits per heavy atom. The SMILES string of the molecule is CCc1nc(-c2ccc(O)c(F)c2)nc(N)c1I. The monoisotopic (exact) mass is 359 g/mol. The molecule has 0 aliphatic heterocycles. The first-order valence-corrected chi connectivity index (χ1v) is 6.41. The number of phenolic OH excluding ortho intramolecular Hbond substituents is 1. The van der Waals surface area contributed by atoms with Crippen molar-refractivity contribution in [1.29, 1.82) is 0 Å². The van der Waals surface area contributed by atoms with Crippen molar-refractivity contribution in [2.45, 2.75) is 13.3 Å². The standard InChI is InChI=1S/C12H11FIN3O/c1-2-8-10(14)11(15)17-12(16-8)6-3-4-9(18)7(13)5-6/h3-5,18H,2H2,1H3,(H2,15,16,17). The normalized spacial score (nSPS) is 10.6. The van der Waals surface area contributed by atoms with Gasteiger partial charge in [0.05, 0.1) is 9.26 Å². The van der Waals surface area contributed by atoms with Crippen molar-refractivity contribution in [3.05, 3.63) is 33.3 Å². The minimum Gasteiger partial charge on any atom is -0.505 e. The number of rotatable bonds is 2. The molecule has 0 fully saturated rings. The summed E-state index contributed by atoms with van der Waals surface area (Å²) in [6.45, 7) is 1.96. The highest BCUT2D eigenvalue weighted by Crippen LogP contribution is 2.25. The maximum Gasteiger partial charge on any atom is 0.165 e. The molecule has 3 N–H and O–H groups in total. The molecule has 0 saturated heterocycles. The van der Waals surface area contributed by atoms with Gasteiger partial charge in [-0.25, -0.2) is 14.4 Å². The smallest absolute Gasteiger partial charge is 0.165 e. The number of aromatic nitrogens is 2. The van der Waals surface area contributed by atoms with Crippen molar-refractivity contribution in [2.75, 3.05) is 5.73 Å². The maximum absolute atomic E-state index is 13.3. The summed E-state index contributed by atoms with van der Waals surface area (Å²) in [7, 11) is 0. The summed E-state index contributed by atoms with van der Waals surface area (Å²) in [5, 5.41) is 9.15. The molecule has 1 heterocycles. The molecule has 0 saturated carbocycles. The van der Waals surface area contributed by atoms with Crippen LogP contribution in [0, 0.1) is 9.39 Å². The van der Waals surface area contributed by atoms with Crippen LogP contribution in [0.4, 0.5) is 10.2 Å². The van der Waals surface area contributed by atoms with E-state index in [4.69, 9.17) is 10.8 Å². The quantitative estimate of drug-likeness (QED) is 0.809. The summed E-state index contributed by atoms with van der Waals surface area (Å²) in [4.78, 5) is 8.48. The number of hydrogen-bond donors (Lipinski definition) is 2. The predicted octanol–water partition coefficient (Wildman–Crippen LogP) is 2.74. The van der Waals surface area contributed by atoms with Crippen molar-refractivity contribution in [1.82, 2.24) is 9.97 Å². The Balaban J connectivity index is 2.57. The first-order valence-electron chi connectivity index (χ1n) is 5.33. The molecular weight excluding hydrogens is 348 g/mol. The van der Waals surface area contributed by atoms with E-state index in [0.717, 1.165) is 15.7 Å². The lowest BCUT2D eigenvalue weighted by atomic mass is 10.2. The second-order valence-electron chi connectivity index (χ2n) is 3.71. The topological polar surface area (TPSA) is 72.0 Å². The molecule has 0 unspecified atom stereocenters. The zero-order valence-corrected chi connectivity index (χ0v) is 11.8. The van der Waals surface area contributed by atoms with Crippen LogP contribution in [0.1, 0.15) is 12.6 Å². The van der Waals surface area contributed by atoms with E-state index in [1.165, 1.54) is 12.1 Å². The number of hydrogen-bond acceptors (Lipinski definition) is 4. The molecule has 6 heteroatoms. The summed E-state index contributed by atoms with van der Waals surface area (Å²) < 4.78 is 14.1. The fourth-order valence-electron chi connectivity index (χ4n) is 1.52. The largest absolute Gasteiger partial charge is 0.505 e. The molecule has 2 rings (SSSR count). The molecule has 18 heavy (non-hydrogen) atoms. The number of aryl methyl sites for hydroxylation is 1. The van der Waals surface area contributed by atoms with E-state index in [1.54, 1.807) is 6.07 Å². The van der Waals surface area contributed by atoms with Crippen molar-refractivity contribution < 1.29 is 9.50 Å².